The van der Waals surface area contributed by atoms with E-state index >= 15 is 0 Å². The maximum absolute atomic E-state index is 11.1. The van der Waals surface area contributed by atoms with E-state index in [1.54, 1.807) is 6.08 Å². The number of sulfone groups is 1. The van der Waals surface area contributed by atoms with Crippen molar-refractivity contribution in [1.82, 2.24) is 4.90 Å². The lowest BCUT2D eigenvalue weighted by atomic mass is 10.3. The second-order valence-electron chi connectivity index (χ2n) is 3.67. The number of carbonyl (C=O) groups is 1. The van der Waals surface area contributed by atoms with Crippen LogP contribution >= 0.6 is 0 Å². The van der Waals surface area contributed by atoms with Crippen LogP contribution in [-0.4, -0.2) is 50.2 Å². The Balaban J connectivity index is 2.31. The monoisotopic (exact) mass is 231 g/mol. The molecule has 1 aliphatic heterocycles. The summed E-state index contributed by atoms with van der Waals surface area (Å²) in [6, 6.07) is 0. The van der Waals surface area contributed by atoms with E-state index in [1.807, 2.05) is 17.9 Å². The second kappa shape index (κ2) is 5.42. The first kappa shape index (κ1) is 12.4. The van der Waals surface area contributed by atoms with E-state index in [-0.39, 0.29) is 17.3 Å². The van der Waals surface area contributed by atoms with Crippen molar-refractivity contribution < 1.29 is 13.2 Å². The van der Waals surface area contributed by atoms with Crippen LogP contribution in [0.1, 0.15) is 13.3 Å². The van der Waals surface area contributed by atoms with Gasteiger partial charge in [0.15, 0.2) is 15.6 Å². The summed E-state index contributed by atoms with van der Waals surface area (Å²) in [4.78, 5) is 13.0. The first-order chi connectivity index (χ1) is 7.03. The molecule has 0 radical (unpaired) electrons. The van der Waals surface area contributed by atoms with Gasteiger partial charge >= 0.3 is 0 Å². The van der Waals surface area contributed by atoms with Gasteiger partial charge in [0, 0.05) is 26.1 Å². The molecule has 1 aliphatic rings. The van der Waals surface area contributed by atoms with Crippen molar-refractivity contribution in [3.8, 4) is 0 Å². The Bertz CT molecular complexity index is 332. The average molecular weight is 231 g/mol. The smallest absolute Gasteiger partial charge is 0.155 e. The summed E-state index contributed by atoms with van der Waals surface area (Å²) in [7, 11) is -2.79. The van der Waals surface area contributed by atoms with Crippen LogP contribution in [0.4, 0.5) is 0 Å². The summed E-state index contributed by atoms with van der Waals surface area (Å²) in [5.41, 5.74) is 0. The maximum Gasteiger partial charge on any atom is 0.155 e. The van der Waals surface area contributed by atoms with E-state index in [9.17, 15) is 13.2 Å². The zero-order valence-corrected chi connectivity index (χ0v) is 9.79. The fourth-order valence-electron chi connectivity index (χ4n) is 1.38. The Morgan fingerprint density at radius 1 is 1.33 bits per heavy atom. The summed E-state index contributed by atoms with van der Waals surface area (Å²) < 4.78 is 22.3. The van der Waals surface area contributed by atoms with Gasteiger partial charge in [-0.25, -0.2) is 8.42 Å². The second-order valence-corrected chi connectivity index (χ2v) is 5.98. The number of hydrogen-bond donors (Lipinski definition) is 0. The van der Waals surface area contributed by atoms with E-state index in [0.717, 1.165) is 0 Å². The van der Waals surface area contributed by atoms with Gasteiger partial charge < -0.3 is 0 Å². The fourth-order valence-corrected chi connectivity index (χ4v) is 2.66. The normalized spacial score (nSPS) is 21.9. The Morgan fingerprint density at radius 3 is 2.47 bits per heavy atom. The van der Waals surface area contributed by atoms with Crippen LogP contribution in [0.5, 0.6) is 0 Å². The number of nitrogens with zero attached hydrogens (tertiary/aromatic N) is 1. The largest absolute Gasteiger partial charge is 0.298 e. The summed E-state index contributed by atoms with van der Waals surface area (Å²) in [5, 5.41) is 0. The number of hydrogen-bond acceptors (Lipinski definition) is 4. The van der Waals surface area contributed by atoms with E-state index < -0.39 is 9.84 Å². The predicted molar refractivity (Wildman–Crippen MR) is 59.5 cm³/mol. The summed E-state index contributed by atoms with van der Waals surface area (Å²) in [6.45, 7) is 3.64. The van der Waals surface area contributed by atoms with E-state index in [0.29, 0.717) is 26.1 Å². The zero-order chi connectivity index (χ0) is 11.3. The van der Waals surface area contributed by atoms with Gasteiger partial charge in [-0.2, -0.15) is 0 Å². The Kier molecular flexibility index (Phi) is 4.47. The molecule has 0 N–H and O–H groups in total. The molecule has 4 nitrogen and oxygen atoms in total. The minimum absolute atomic E-state index is 0.111. The van der Waals surface area contributed by atoms with Crippen LogP contribution in [0.25, 0.3) is 0 Å². The molecule has 86 valence electrons. The van der Waals surface area contributed by atoms with Crippen LogP contribution < -0.4 is 0 Å². The lowest BCUT2D eigenvalue weighted by Crippen LogP contribution is -2.40. The topological polar surface area (TPSA) is 54.5 Å². The quantitative estimate of drug-likeness (QED) is 0.651. The summed E-state index contributed by atoms with van der Waals surface area (Å²) in [5.74, 6) is 0.588. The van der Waals surface area contributed by atoms with Crippen molar-refractivity contribution >= 4 is 15.6 Å². The van der Waals surface area contributed by atoms with Gasteiger partial charge in [0.1, 0.15) is 0 Å². The summed E-state index contributed by atoms with van der Waals surface area (Å²) in [6.07, 6.45) is 3.90. The number of rotatable bonds is 4. The molecule has 0 aromatic heterocycles. The molecule has 1 rings (SSSR count). The van der Waals surface area contributed by atoms with Gasteiger partial charge in [-0.1, -0.05) is 13.0 Å². The van der Waals surface area contributed by atoms with Crippen molar-refractivity contribution in [2.45, 2.75) is 13.3 Å². The maximum atomic E-state index is 11.1. The van der Waals surface area contributed by atoms with E-state index in [2.05, 4.69) is 0 Å². The van der Waals surface area contributed by atoms with Crippen LogP contribution in [0, 0.1) is 0 Å². The fraction of sp³-hybridized carbons (Fsp3) is 0.700. The highest BCUT2D eigenvalue weighted by Crippen LogP contribution is 2.03. The van der Waals surface area contributed by atoms with Crippen LogP contribution in [0.3, 0.4) is 0 Å². The molecule has 0 aliphatic carbocycles. The van der Waals surface area contributed by atoms with Crippen LogP contribution in [0.2, 0.25) is 0 Å². The minimum Gasteiger partial charge on any atom is -0.298 e. The first-order valence-corrected chi connectivity index (χ1v) is 6.98. The minimum atomic E-state index is -2.79. The predicted octanol–water partition coefficient (Wildman–Crippen LogP) is 0.252. The van der Waals surface area contributed by atoms with Gasteiger partial charge in [0.2, 0.25) is 0 Å². The Hall–Kier alpha value is -0.680. The van der Waals surface area contributed by atoms with Crippen LogP contribution in [-0.2, 0) is 14.6 Å². The highest BCUT2D eigenvalue weighted by atomic mass is 32.2. The number of ketones is 1. The summed E-state index contributed by atoms with van der Waals surface area (Å²) >= 11 is 0. The molecule has 0 spiro atoms. The van der Waals surface area contributed by atoms with Crippen molar-refractivity contribution in [3.05, 3.63) is 12.2 Å². The van der Waals surface area contributed by atoms with Crippen LogP contribution in [0.15, 0.2) is 12.2 Å². The molecule has 1 fully saturated rings. The average Bonchev–Trinajstić information content (AvgIpc) is 2.20. The SMILES string of the molecule is CCC(=O)/C=C/CN1CCS(=O)(=O)CC1. The third-order valence-electron chi connectivity index (χ3n) is 2.45. The molecule has 5 heteroatoms. The molecule has 0 amide bonds. The van der Waals surface area contributed by atoms with Gasteiger partial charge in [-0.15, -0.1) is 0 Å². The standard InChI is InChI=1S/C10H17NO3S/c1-2-10(12)4-3-5-11-6-8-15(13,14)9-7-11/h3-4H,2,5-9H2,1H3/b4-3+. The van der Waals surface area contributed by atoms with Crippen molar-refractivity contribution in [2.24, 2.45) is 0 Å². The molecular weight excluding hydrogens is 214 g/mol. The van der Waals surface area contributed by atoms with Gasteiger partial charge in [0.05, 0.1) is 11.5 Å². The molecule has 0 unspecified atom stereocenters. The molecule has 0 atom stereocenters. The third-order valence-corrected chi connectivity index (χ3v) is 4.06. The molecule has 0 bridgehead atoms. The van der Waals surface area contributed by atoms with Crippen molar-refractivity contribution in [2.75, 3.05) is 31.1 Å². The number of carbonyl (C=O) groups excluding carboxylic acids is 1. The van der Waals surface area contributed by atoms with Crippen molar-refractivity contribution in [3.63, 3.8) is 0 Å². The Labute approximate surface area is 90.9 Å². The van der Waals surface area contributed by atoms with E-state index in [4.69, 9.17) is 0 Å². The van der Waals surface area contributed by atoms with E-state index in [1.165, 1.54) is 0 Å². The van der Waals surface area contributed by atoms with Gasteiger partial charge in [-0.05, 0) is 6.08 Å². The molecule has 15 heavy (non-hydrogen) atoms. The molecule has 1 saturated heterocycles. The van der Waals surface area contributed by atoms with Gasteiger partial charge in [0.25, 0.3) is 0 Å². The lowest BCUT2D eigenvalue weighted by molar-refractivity contribution is -0.114. The molecule has 0 saturated carbocycles. The third kappa shape index (κ3) is 4.57. The van der Waals surface area contributed by atoms with Crippen molar-refractivity contribution in [1.29, 1.82) is 0 Å². The number of allylic oxidation sites excluding steroid dienone is 1. The lowest BCUT2D eigenvalue weighted by Gasteiger charge is -2.24. The highest BCUT2D eigenvalue weighted by Gasteiger charge is 2.20. The first-order valence-electron chi connectivity index (χ1n) is 5.15. The molecule has 0 aromatic rings. The highest BCUT2D eigenvalue weighted by molar-refractivity contribution is 7.91. The Morgan fingerprint density at radius 2 is 1.93 bits per heavy atom. The molecule has 1 heterocycles. The van der Waals surface area contributed by atoms with Gasteiger partial charge in [-0.3, -0.25) is 9.69 Å². The molecular formula is C10H17NO3S. The zero-order valence-electron chi connectivity index (χ0n) is 8.98. The molecule has 0 aromatic carbocycles.